The lowest BCUT2D eigenvalue weighted by molar-refractivity contribution is 0.0994. The van der Waals surface area contributed by atoms with Gasteiger partial charge in [-0.15, -0.1) is 0 Å². The predicted octanol–water partition coefficient (Wildman–Crippen LogP) is 3.48. The van der Waals surface area contributed by atoms with Gasteiger partial charge in [0.05, 0.1) is 10.3 Å². The highest BCUT2D eigenvalue weighted by Gasteiger charge is 2.22. The molecular formula is C18H22N2O3S2. The highest BCUT2D eigenvalue weighted by Crippen LogP contribution is 2.25. The third-order valence-corrected chi connectivity index (χ3v) is 6.86. The summed E-state index contributed by atoms with van der Waals surface area (Å²) in [4.78, 5) is 16.8. The van der Waals surface area contributed by atoms with Crippen LogP contribution >= 0.6 is 11.8 Å². The first kappa shape index (κ1) is 19.6. The molecule has 0 radical (unpaired) electrons. The van der Waals surface area contributed by atoms with Crippen LogP contribution in [0.15, 0.2) is 58.6 Å². The Morgan fingerprint density at radius 2 is 1.76 bits per heavy atom. The summed E-state index contributed by atoms with van der Waals surface area (Å²) in [6.07, 6.45) is 1.36. The van der Waals surface area contributed by atoms with Crippen molar-refractivity contribution < 1.29 is 13.2 Å². The van der Waals surface area contributed by atoms with Crippen molar-refractivity contribution in [2.75, 3.05) is 13.1 Å². The summed E-state index contributed by atoms with van der Waals surface area (Å²) < 4.78 is 26.3. The molecule has 0 aliphatic heterocycles. The quantitative estimate of drug-likeness (QED) is 0.520. The molecule has 2 rings (SSSR count). The Bertz CT molecular complexity index is 802. The molecule has 2 aromatic rings. The second-order valence-electron chi connectivity index (χ2n) is 5.41. The molecule has 25 heavy (non-hydrogen) atoms. The number of aromatic nitrogens is 1. The first-order valence-electron chi connectivity index (χ1n) is 8.12. The predicted molar refractivity (Wildman–Crippen MR) is 100 cm³/mol. The van der Waals surface area contributed by atoms with Crippen LogP contribution in [-0.4, -0.2) is 41.8 Å². The summed E-state index contributed by atoms with van der Waals surface area (Å²) in [7, 11) is -3.51. The summed E-state index contributed by atoms with van der Waals surface area (Å²) in [6, 6.07) is 12.3. The van der Waals surface area contributed by atoms with Gasteiger partial charge < -0.3 is 0 Å². The lowest BCUT2D eigenvalue weighted by Gasteiger charge is -2.18. The average Bonchev–Trinajstić information content (AvgIpc) is 2.63. The van der Waals surface area contributed by atoms with E-state index in [0.29, 0.717) is 23.7 Å². The second kappa shape index (κ2) is 8.60. The number of Topliss-reactive ketones (excluding diaryl/α,β-unsaturated/α-hetero) is 1. The van der Waals surface area contributed by atoms with E-state index in [9.17, 15) is 13.2 Å². The lowest BCUT2D eigenvalue weighted by atomic mass is 10.1. The molecule has 0 saturated heterocycles. The van der Waals surface area contributed by atoms with E-state index in [1.807, 2.05) is 25.1 Å². The molecule has 1 aromatic heterocycles. The van der Waals surface area contributed by atoms with Crippen molar-refractivity contribution in [3.63, 3.8) is 0 Å². The Morgan fingerprint density at radius 3 is 2.28 bits per heavy atom. The summed E-state index contributed by atoms with van der Waals surface area (Å²) in [5, 5.41) is 0.315. The van der Waals surface area contributed by atoms with Crippen LogP contribution in [0.2, 0.25) is 0 Å². The molecule has 0 aliphatic rings. The van der Waals surface area contributed by atoms with Gasteiger partial charge in [0.2, 0.25) is 10.0 Å². The van der Waals surface area contributed by atoms with E-state index in [1.165, 1.54) is 22.3 Å². The topological polar surface area (TPSA) is 67.3 Å². The Balaban J connectivity index is 2.11. The molecule has 1 heterocycles. The standard InChI is InChI=1S/C18H22N2O3S2/c1-4-20(5-2)25(22,23)16-11-12-17(19-13-16)24-14(3)18(21)15-9-7-6-8-10-15/h6-14H,4-5H2,1-3H3/t14-/m0/s1. The molecule has 0 bridgehead atoms. The van der Waals surface area contributed by atoms with Crippen LogP contribution in [0, 0.1) is 0 Å². The number of rotatable bonds is 8. The number of ketones is 1. The minimum atomic E-state index is -3.51. The zero-order chi connectivity index (χ0) is 18.4. The molecule has 1 atom stereocenters. The molecule has 0 N–H and O–H groups in total. The first-order chi connectivity index (χ1) is 11.9. The van der Waals surface area contributed by atoms with Gasteiger partial charge in [-0.1, -0.05) is 55.9 Å². The third-order valence-electron chi connectivity index (χ3n) is 3.78. The number of hydrogen-bond acceptors (Lipinski definition) is 5. The van der Waals surface area contributed by atoms with Gasteiger partial charge >= 0.3 is 0 Å². The monoisotopic (exact) mass is 378 g/mol. The van der Waals surface area contributed by atoms with Crippen LogP contribution in [0.4, 0.5) is 0 Å². The number of nitrogens with zero attached hydrogens (tertiary/aromatic N) is 2. The van der Waals surface area contributed by atoms with Crippen LogP contribution in [0.1, 0.15) is 31.1 Å². The second-order valence-corrected chi connectivity index (χ2v) is 8.71. The summed E-state index contributed by atoms with van der Waals surface area (Å²) in [6.45, 7) is 6.25. The third kappa shape index (κ3) is 4.68. The van der Waals surface area contributed by atoms with Crippen molar-refractivity contribution in [1.82, 2.24) is 9.29 Å². The van der Waals surface area contributed by atoms with Gasteiger partial charge in [0.25, 0.3) is 0 Å². The molecular weight excluding hydrogens is 356 g/mol. The highest BCUT2D eigenvalue weighted by molar-refractivity contribution is 8.00. The van der Waals surface area contributed by atoms with E-state index in [4.69, 9.17) is 0 Å². The van der Waals surface area contributed by atoms with Crippen LogP contribution in [-0.2, 0) is 10.0 Å². The highest BCUT2D eigenvalue weighted by atomic mass is 32.2. The number of thioether (sulfide) groups is 1. The van der Waals surface area contributed by atoms with E-state index in [1.54, 1.807) is 38.1 Å². The van der Waals surface area contributed by atoms with Crippen molar-refractivity contribution in [3.8, 4) is 0 Å². The molecule has 0 fully saturated rings. The number of hydrogen-bond donors (Lipinski definition) is 0. The average molecular weight is 379 g/mol. The van der Waals surface area contributed by atoms with Crippen LogP contribution in [0.5, 0.6) is 0 Å². The maximum Gasteiger partial charge on any atom is 0.244 e. The lowest BCUT2D eigenvalue weighted by Crippen LogP contribution is -2.30. The molecule has 134 valence electrons. The van der Waals surface area contributed by atoms with Gasteiger partial charge in [-0.2, -0.15) is 4.31 Å². The number of pyridine rings is 1. The maximum absolute atomic E-state index is 12.4. The summed E-state index contributed by atoms with van der Waals surface area (Å²) in [5.74, 6) is 0.0206. The fourth-order valence-corrected chi connectivity index (χ4v) is 4.64. The smallest absolute Gasteiger partial charge is 0.244 e. The fraction of sp³-hybridized carbons (Fsp3) is 0.333. The van der Waals surface area contributed by atoms with Gasteiger partial charge in [0, 0.05) is 24.8 Å². The molecule has 5 nitrogen and oxygen atoms in total. The minimum absolute atomic E-state index is 0.0206. The van der Waals surface area contributed by atoms with Crippen LogP contribution in [0.3, 0.4) is 0 Å². The number of sulfonamides is 1. The SMILES string of the molecule is CCN(CC)S(=O)(=O)c1ccc(S[C@@H](C)C(=O)c2ccccc2)nc1. The first-order valence-corrected chi connectivity index (χ1v) is 10.4. The molecule has 1 aromatic carbocycles. The summed E-state index contributed by atoms with van der Waals surface area (Å²) in [5.41, 5.74) is 0.656. The van der Waals surface area contributed by atoms with E-state index >= 15 is 0 Å². The van der Waals surface area contributed by atoms with Crippen molar-refractivity contribution in [1.29, 1.82) is 0 Å². The molecule has 0 saturated carbocycles. The molecule has 0 spiro atoms. The largest absolute Gasteiger partial charge is 0.293 e. The molecule has 7 heteroatoms. The van der Waals surface area contributed by atoms with Crippen LogP contribution in [0.25, 0.3) is 0 Å². The van der Waals surface area contributed by atoms with Crippen molar-refractivity contribution >= 4 is 27.6 Å². The van der Waals surface area contributed by atoms with Gasteiger partial charge in [0.1, 0.15) is 4.90 Å². The normalized spacial score (nSPS) is 13.0. The van der Waals surface area contributed by atoms with E-state index < -0.39 is 10.0 Å². The van der Waals surface area contributed by atoms with Gasteiger partial charge in [-0.05, 0) is 19.1 Å². The molecule has 0 aliphatic carbocycles. The molecule has 0 amide bonds. The Kier molecular flexibility index (Phi) is 6.75. The van der Waals surface area contributed by atoms with Gasteiger partial charge in [-0.25, -0.2) is 13.4 Å². The maximum atomic E-state index is 12.4. The van der Waals surface area contributed by atoms with E-state index in [-0.39, 0.29) is 15.9 Å². The minimum Gasteiger partial charge on any atom is -0.293 e. The molecule has 0 unspecified atom stereocenters. The van der Waals surface area contributed by atoms with Gasteiger partial charge in [0.15, 0.2) is 5.78 Å². The Labute approximate surface area is 153 Å². The van der Waals surface area contributed by atoms with E-state index in [0.717, 1.165) is 0 Å². The summed E-state index contributed by atoms with van der Waals surface area (Å²) >= 11 is 1.32. The zero-order valence-electron chi connectivity index (χ0n) is 14.5. The van der Waals surface area contributed by atoms with Crippen molar-refractivity contribution in [2.45, 2.75) is 35.9 Å². The fourth-order valence-electron chi connectivity index (χ4n) is 2.37. The zero-order valence-corrected chi connectivity index (χ0v) is 16.2. The number of carbonyl (C=O) groups excluding carboxylic acids is 1. The van der Waals surface area contributed by atoms with E-state index in [2.05, 4.69) is 4.98 Å². The number of benzene rings is 1. The van der Waals surface area contributed by atoms with Crippen molar-refractivity contribution in [2.24, 2.45) is 0 Å². The number of carbonyl (C=O) groups is 1. The Hall–Kier alpha value is -1.70. The Morgan fingerprint density at radius 1 is 1.12 bits per heavy atom. The van der Waals surface area contributed by atoms with Crippen LogP contribution < -0.4 is 0 Å². The van der Waals surface area contributed by atoms with Gasteiger partial charge in [-0.3, -0.25) is 4.79 Å². The van der Waals surface area contributed by atoms with Crippen molar-refractivity contribution in [3.05, 3.63) is 54.2 Å².